The number of hydrogen-bond acceptors (Lipinski definition) is 5. The van der Waals surface area contributed by atoms with Crippen LogP contribution in [0.1, 0.15) is 13.3 Å². The second-order valence-electron chi connectivity index (χ2n) is 4.69. The molecule has 6 nitrogen and oxygen atoms in total. The van der Waals surface area contributed by atoms with Crippen LogP contribution in [-0.4, -0.2) is 27.0 Å². The molecule has 0 amide bonds. The summed E-state index contributed by atoms with van der Waals surface area (Å²) in [4.78, 5) is 17.6. The molecule has 0 fully saturated rings. The summed E-state index contributed by atoms with van der Waals surface area (Å²) in [5, 5.41) is 10.4. The number of aryl methyl sites for hydroxylation is 1. The van der Waals surface area contributed by atoms with E-state index in [-0.39, 0.29) is 0 Å². The van der Waals surface area contributed by atoms with Crippen molar-refractivity contribution >= 4 is 39.5 Å². The molecule has 2 heterocycles. The van der Waals surface area contributed by atoms with Crippen LogP contribution in [0.25, 0.3) is 21.9 Å². The number of benzene rings is 1. The van der Waals surface area contributed by atoms with Crippen LogP contribution in [0.4, 0.5) is 0 Å². The van der Waals surface area contributed by atoms with Crippen LogP contribution in [0.3, 0.4) is 0 Å². The Morgan fingerprint density at radius 2 is 2.09 bits per heavy atom. The maximum atomic E-state index is 8.89. The van der Waals surface area contributed by atoms with Gasteiger partial charge < -0.3 is 20.2 Å². The molecule has 7 heteroatoms. The number of halogens is 1. The van der Waals surface area contributed by atoms with Gasteiger partial charge in [0.15, 0.2) is 5.15 Å². The van der Waals surface area contributed by atoms with E-state index in [9.17, 15) is 0 Å². The smallest absolute Gasteiger partial charge is 0.157 e. The van der Waals surface area contributed by atoms with Crippen LogP contribution in [-0.2, 0) is 11.3 Å². The van der Waals surface area contributed by atoms with Gasteiger partial charge in [0.1, 0.15) is 5.52 Å². The zero-order chi connectivity index (χ0) is 16.1. The van der Waals surface area contributed by atoms with E-state index in [2.05, 4.69) is 14.5 Å². The van der Waals surface area contributed by atoms with E-state index in [0.29, 0.717) is 11.7 Å². The SMILES string of the molecule is CC(=O)[O-].NCCCn1cnc2c(Cl)nc3ccccc3c21. The van der Waals surface area contributed by atoms with Crippen molar-refractivity contribution in [3.05, 3.63) is 35.7 Å². The number of nitrogens with zero attached hydrogens (tertiary/aromatic N) is 3. The average molecular weight is 320 g/mol. The van der Waals surface area contributed by atoms with E-state index in [1.165, 1.54) is 0 Å². The van der Waals surface area contributed by atoms with Crippen molar-refractivity contribution in [2.45, 2.75) is 19.9 Å². The second kappa shape index (κ2) is 7.20. The third-order valence-corrected chi connectivity index (χ3v) is 3.28. The molecular weight excluding hydrogens is 304 g/mol. The first-order chi connectivity index (χ1) is 10.5. The van der Waals surface area contributed by atoms with Crippen molar-refractivity contribution in [3.63, 3.8) is 0 Å². The minimum Gasteiger partial charge on any atom is -0.550 e. The number of rotatable bonds is 3. The summed E-state index contributed by atoms with van der Waals surface area (Å²) in [6.07, 6.45) is 2.72. The lowest BCUT2D eigenvalue weighted by atomic mass is 10.2. The summed E-state index contributed by atoms with van der Waals surface area (Å²) >= 11 is 6.17. The molecule has 1 aromatic carbocycles. The lowest BCUT2D eigenvalue weighted by Gasteiger charge is -2.06. The number of carboxylic acids is 1. The Hall–Kier alpha value is -2.18. The molecule has 2 N–H and O–H groups in total. The highest BCUT2D eigenvalue weighted by molar-refractivity contribution is 6.35. The number of pyridine rings is 1. The Bertz CT molecular complexity index is 797. The minimum atomic E-state index is -1.08. The van der Waals surface area contributed by atoms with Gasteiger partial charge in [-0.25, -0.2) is 9.97 Å². The Morgan fingerprint density at radius 1 is 1.41 bits per heavy atom. The van der Waals surface area contributed by atoms with Gasteiger partial charge in [0.2, 0.25) is 0 Å². The number of carbonyl (C=O) groups is 1. The Morgan fingerprint density at radius 3 is 2.77 bits per heavy atom. The van der Waals surface area contributed by atoms with Gasteiger partial charge in [0.25, 0.3) is 0 Å². The molecule has 0 saturated carbocycles. The summed E-state index contributed by atoms with van der Waals surface area (Å²) in [6, 6.07) is 7.96. The monoisotopic (exact) mass is 319 g/mol. The number of nitrogens with two attached hydrogens (primary N) is 1. The number of aliphatic carboxylic acids is 1. The fourth-order valence-electron chi connectivity index (χ4n) is 2.18. The molecule has 0 aliphatic carbocycles. The first-order valence-electron chi connectivity index (χ1n) is 6.81. The van der Waals surface area contributed by atoms with Gasteiger partial charge >= 0.3 is 0 Å². The summed E-state index contributed by atoms with van der Waals surface area (Å²) in [6.45, 7) is 2.48. The lowest BCUT2D eigenvalue weighted by molar-refractivity contribution is -0.302. The quantitative estimate of drug-likeness (QED) is 0.735. The third kappa shape index (κ3) is 3.52. The molecule has 0 spiro atoms. The Kier molecular flexibility index (Phi) is 5.30. The van der Waals surface area contributed by atoms with Crippen LogP contribution >= 0.6 is 11.6 Å². The molecule has 0 radical (unpaired) electrons. The number of imidazole rings is 1. The summed E-state index contributed by atoms with van der Waals surface area (Å²) in [5.74, 6) is -1.08. The van der Waals surface area contributed by atoms with Gasteiger partial charge in [0, 0.05) is 17.9 Å². The predicted octanol–water partition coefficient (Wildman–Crippen LogP) is 1.34. The van der Waals surface area contributed by atoms with Crippen molar-refractivity contribution in [1.29, 1.82) is 0 Å². The van der Waals surface area contributed by atoms with Crippen LogP contribution in [0, 0.1) is 0 Å². The van der Waals surface area contributed by atoms with Crippen molar-refractivity contribution < 1.29 is 9.90 Å². The van der Waals surface area contributed by atoms with Gasteiger partial charge in [-0.2, -0.15) is 0 Å². The van der Waals surface area contributed by atoms with E-state index in [1.807, 2.05) is 24.3 Å². The van der Waals surface area contributed by atoms with E-state index >= 15 is 0 Å². The van der Waals surface area contributed by atoms with E-state index < -0.39 is 5.97 Å². The molecule has 2 aromatic heterocycles. The molecule has 0 unspecified atom stereocenters. The highest BCUT2D eigenvalue weighted by Gasteiger charge is 2.11. The van der Waals surface area contributed by atoms with Crippen LogP contribution in [0.2, 0.25) is 5.15 Å². The van der Waals surface area contributed by atoms with Gasteiger partial charge in [-0.15, -0.1) is 0 Å². The number of carboxylic acid groups (broad SMARTS) is 1. The van der Waals surface area contributed by atoms with E-state index in [0.717, 1.165) is 41.8 Å². The predicted molar refractivity (Wildman–Crippen MR) is 84.4 cm³/mol. The molecule has 0 bridgehead atoms. The molecule has 0 saturated heterocycles. The minimum absolute atomic E-state index is 0.454. The molecule has 0 aliphatic rings. The number of para-hydroxylation sites is 1. The van der Waals surface area contributed by atoms with Gasteiger partial charge in [-0.3, -0.25) is 0 Å². The number of aromatic nitrogens is 3. The van der Waals surface area contributed by atoms with Gasteiger partial charge in [-0.1, -0.05) is 29.8 Å². The Labute approximate surface area is 132 Å². The topological polar surface area (TPSA) is 96.9 Å². The van der Waals surface area contributed by atoms with Crippen LogP contribution < -0.4 is 10.8 Å². The van der Waals surface area contributed by atoms with E-state index in [1.54, 1.807) is 6.33 Å². The normalized spacial score (nSPS) is 10.5. The fraction of sp³-hybridized carbons (Fsp3) is 0.267. The number of carbonyl (C=O) groups excluding carboxylic acids is 1. The first-order valence-corrected chi connectivity index (χ1v) is 7.19. The first kappa shape index (κ1) is 16.2. The molecule has 116 valence electrons. The summed E-state index contributed by atoms with van der Waals surface area (Å²) in [5.41, 5.74) is 8.25. The lowest BCUT2D eigenvalue weighted by Crippen LogP contribution is -2.16. The molecule has 3 aromatic rings. The van der Waals surface area contributed by atoms with Crippen molar-refractivity contribution in [3.8, 4) is 0 Å². The van der Waals surface area contributed by atoms with E-state index in [4.69, 9.17) is 27.2 Å². The molecular formula is C15H16ClN4O2-. The highest BCUT2D eigenvalue weighted by atomic mass is 35.5. The average Bonchev–Trinajstić information content (AvgIpc) is 2.89. The third-order valence-electron chi connectivity index (χ3n) is 3.01. The molecule has 3 rings (SSSR count). The highest BCUT2D eigenvalue weighted by Crippen LogP contribution is 2.28. The van der Waals surface area contributed by atoms with Crippen molar-refractivity contribution in [1.82, 2.24) is 14.5 Å². The number of fused-ring (bicyclic) bond motifs is 3. The number of hydrogen-bond donors (Lipinski definition) is 1. The Balaban J connectivity index is 0.000000396. The largest absolute Gasteiger partial charge is 0.550 e. The maximum absolute atomic E-state index is 8.89. The molecule has 0 aliphatic heterocycles. The van der Waals surface area contributed by atoms with Crippen molar-refractivity contribution in [2.75, 3.05) is 6.54 Å². The van der Waals surface area contributed by atoms with Crippen LogP contribution in [0.15, 0.2) is 30.6 Å². The maximum Gasteiger partial charge on any atom is 0.157 e. The van der Waals surface area contributed by atoms with Crippen LogP contribution in [0.5, 0.6) is 0 Å². The summed E-state index contributed by atoms with van der Waals surface area (Å²) < 4.78 is 2.10. The molecule has 22 heavy (non-hydrogen) atoms. The fourth-order valence-corrected chi connectivity index (χ4v) is 2.41. The standard InChI is InChI=1S/C13H13ClN4.C2H4O2/c14-13-11-12(18(8-16-11)7-3-6-15)9-4-1-2-5-10(9)17-13;1-2(3)4/h1-2,4-5,8H,3,6-7,15H2;1H3,(H,3,4)/p-1. The zero-order valence-electron chi connectivity index (χ0n) is 12.1. The zero-order valence-corrected chi connectivity index (χ0v) is 12.9. The molecule has 0 atom stereocenters. The summed E-state index contributed by atoms with van der Waals surface area (Å²) in [7, 11) is 0. The van der Waals surface area contributed by atoms with Gasteiger partial charge in [-0.05, 0) is 26.0 Å². The van der Waals surface area contributed by atoms with Gasteiger partial charge in [0.05, 0.1) is 17.4 Å². The second-order valence-corrected chi connectivity index (χ2v) is 5.05. The van der Waals surface area contributed by atoms with Crippen molar-refractivity contribution in [2.24, 2.45) is 5.73 Å².